The van der Waals surface area contributed by atoms with Gasteiger partial charge in [0.25, 0.3) is 0 Å². The lowest BCUT2D eigenvalue weighted by atomic mass is 10.2. The van der Waals surface area contributed by atoms with E-state index < -0.39 is 12.1 Å². The second-order valence-corrected chi connectivity index (χ2v) is 1.55. The first-order valence-corrected chi connectivity index (χ1v) is 2.51. The summed E-state index contributed by atoms with van der Waals surface area (Å²) in [4.78, 5) is 19.9. The van der Waals surface area contributed by atoms with Crippen LogP contribution in [0.15, 0.2) is 0 Å². The number of hydrogen-bond donors (Lipinski definition) is 2. The van der Waals surface area contributed by atoms with Crippen LogP contribution in [-0.4, -0.2) is 28.6 Å². The van der Waals surface area contributed by atoms with Gasteiger partial charge in [-0.1, -0.05) is 0 Å². The maximum absolute atomic E-state index is 10.2. The predicted octanol–water partition coefficient (Wildman–Crippen LogP) is -1.15. The highest BCUT2D eigenvalue weighted by molar-refractivity contribution is 5.82. The van der Waals surface area contributed by atoms with E-state index in [1.54, 1.807) is 0 Å². The molecule has 0 rings (SSSR count). The molecule has 0 saturated heterocycles. The van der Waals surface area contributed by atoms with Crippen molar-refractivity contribution in [3.05, 3.63) is 0 Å². The van der Waals surface area contributed by atoms with Crippen molar-refractivity contribution in [2.75, 3.05) is 0 Å². The Labute approximate surface area is 52.1 Å². The van der Waals surface area contributed by atoms with Crippen molar-refractivity contribution in [2.24, 2.45) is 0 Å². The molecule has 0 aliphatic carbocycles. The number of Topliss-reactive ketones (excluding diaryl/α,β-unsaturated/α-hetero) is 1. The first-order valence-electron chi connectivity index (χ1n) is 2.51. The van der Waals surface area contributed by atoms with Crippen LogP contribution in [0.4, 0.5) is 0 Å². The minimum atomic E-state index is -1.93. The number of hydrogen-bond acceptors (Lipinski definition) is 4. The van der Waals surface area contributed by atoms with E-state index in [1.807, 2.05) is 0 Å². The van der Waals surface area contributed by atoms with Crippen LogP contribution in [0.2, 0.25) is 0 Å². The molecular formula is C5H8O4. The van der Waals surface area contributed by atoms with Crippen LogP contribution in [0.5, 0.6) is 0 Å². The first-order chi connectivity index (χ1) is 4.18. The molecule has 0 spiro atoms. The molecule has 0 aliphatic heterocycles. The van der Waals surface area contributed by atoms with Crippen molar-refractivity contribution < 1.29 is 19.8 Å². The number of ketones is 1. The Morgan fingerprint density at radius 2 is 2.11 bits per heavy atom. The van der Waals surface area contributed by atoms with E-state index in [0.717, 1.165) is 0 Å². The van der Waals surface area contributed by atoms with E-state index in [1.165, 1.54) is 0 Å². The van der Waals surface area contributed by atoms with Crippen molar-refractivity contribution >= 4 is 12.1 Å². The van der Waals surface area contributed by atoms with E-state index in [0.29, 0.717) is 6.29 Å². The van der Waals surface area contributed by atoms with E-state index in [-0.39, 0.29) is 12.8 Å². The minimum absolute atomic E-state index is 0.0520. The zero-order valence-electron chi connectivity index (χ0n) is 4.78. The summed E-state index contributed by atoms with van der Waals surface area (Å²) < 4.78 is 0. The van der Waals surface area contributed by atoms with Gasteiger partial charge in [0.05, 0.1) is 0 Å². The fourth-order valence-electron chi connectivity index (χ4n) is 0.330. The largest absolute Gasteiger partial charge is 0.362 e. The van der Waals surface area contributed by atoms with Crippen LogP contribution in [0.25, 0.3) is 0 Å². The van der Waals surface area contributed by atoms with Gasteiger partial charge in [-0.15, -0.1) is 0 Å². The monoisotopic (exact) mass is 132 g/mol. The topological polar surface area (TPSA) is 74.6 Å². The highest BCUT2D eigenvalue weighted by atomic mass is 16.5. The standard InChI is InChI=1S/C5H8O4/c6-3-1-2-4(7)5(8)9/h3,5,8-9H,1-2H2. The number of carbonyl (C=O) groups is 2. The lowest BCUT2D eigenvalue weighted by molar-refractivity contribution is -0.145. The summed E-state index contributed by atoms with van der Waals surface area (Å²) in [5.41, 5.74) is 0. The Morgan fingerprint density at radius 1 is 1.56 bits per heavy atom. The van der Waals surface area contributed by atoms with Gasteiger partial charge in [-0.25, -0.2) is 0 Å². The molecule has 0 amide bonds. The summed E-state index contributed by atoms with van der Waals surface area (Å²) in [6, 6.07) is 0. The average Bonchev–Trinajstić information content (AvgIpc) is 1.82. The van der Waals surface area contributed by atoms with E-state index in [2.05, 4.69) is 0 Å². The first kappa shape index (κ1) is 8.26. The molecule has 0 bridgehead atoms. The summed E-state index contributed by atoms with van der Waals surface area (Å²) in [6.07, 6.45) is -1.41. The predicted molar refractivity (Wildman–Crippen MR) is 28.5 cm³/mol. The summed E-state index contributed by atoms with van der Waals surface area (Å²) in [7, 11) is 0. The second kappa shape index (κ2) is 4.17. The molecule has 0 heterocycles. The Bertz CT molecular complexity index is 108. The molecule has 2 N–H and O–H groups in total. The molecule has 0 unspecified atom stereocenters. The van der Waals surface area contributed by atoms with Gasteiger partial charge in [0, 0.05) is 12.8 Å². The van der Waals surface area contributed by atoms with Crippen LogP contribution >= 0.6 is 0 Å². The van der Waals surface area contributed by atoms with Gasteiger partial charge in [-0.05, 0) is 0 Å². The van der Waals surface area contributed by atoms with Gasteiger partial charge in [0.1, 0.15) is 6.29 Å². The average molecular weight is 132 g/mol. The third-order valence-electron chi connectivity index (χ3n) is 0.797. The number of aliphatic hydroxyl groups excluding tert-OH is 1. The van der Waals surface area contributed by atoms with Gasteiger partial charge in [-0.2, -0.15) is 0 Å². The third-order valence-corrected chi connectivity index (χ3v) is 0.797. The normalized spacial score (nSPS) is 9.67. The summed E-state index contributed by atoms with van der Waals surface area (Å²) in [5.74, 6) is -0.720. The molecule has 0 aromatic rings. The Hall–Kier alpha value is -0.740. The fourth-order valence-corrected chi connectivity index (χ4v) is 0.330. The SMILES string of the molecule is O=CCCC(=O)C(O)O. The number of carbonyl (C=O) groups excluding carboxylic acids is 2. The highest BCUT2D eigenvalue weighted by Gasteiger charge is 2.08. The van der Waals surface area contributed by atoms with Gasteiger partial charge >= 0.3 is 0 Å². The van der Waals surface area contributed by atoms with Gasteiger partial charge in [0.2, 0.25) is 6.29 Å². The molecule has 0 radical (unpaired) electrons. The lowest BCUT2D eigenvalue weighted by Crippen LogP contribution is -2.18. The Morgan fingerprint density at radius 3 is 2.44 bits per heavy atom. The molecule has 4 heteroatoms. The molecular weight excluding hydrogens is 124 g/mol. The summed E-state index contributed by atoms with van der Waals surface area (Å²) in [6.45, 7) is 0. The molecule has 0 fully saturated rings. The lowest BCUT2D eigenvalue weighted by Gasteiger charge is -1.97. The van der Waals surface area contributed by atoms with Crippen LogP contribution in [0.3, 0.4) is 0 Å². The smallest absolute Gasteiger partial charge is 0.212 e. The van der Waals surface area contributed by atoms with Crippen LogP contribution < -0.4 is 0 Å². The third kappa shape index (κ3) is 3.81. The van der Waals surface area contributed by atoms with Crippen molar-refractivity contribution in [1.82, 2.24) is 0 Å². The number of aldehydes is 1. The summed E-state index contributed by atoms with van der Waals surface area (Å²) >= 11 is 0. The van der Waals surface area contributed by atoms with Crippen molar-refractivity contribution in [3.63, 3.8) is 0 Å². The zero-order valence-corrected chi connectivity index (χ0v) is 4.78. The second-order valence-electron chi connectivity index (χ2n) is 1.55. The highest BCUT2D eigenvalue weighted by Crippen LogP contribution is 1.89. The quantitative estimate of drug-likeness (QED) is 0.374. The maximum atomic E-state index is 10.2. The van der Waals surface area contributed by atoms with E-state index in [9.17, 15) is 9.59 Å². The molecule has 0 saturated carbocycles. The van der Waals surface area contributed by atoms with E-state index >= 15 is 0 Å². The van der Waals surface area contributed by atoms with Crippen molar-refractivity contribution in [2.45, 2.75) is 19.1 Å². The van der Waals surface area contributed by atoms with Crippen LogP contribution in [0, 0.1) is 0 Å². The van der Waals surface area contributed by atoms with Crippen molar-refractivity contribution in [1.29, 1.82) is 0 Å². The molecule has 52 valence electrons. The Balaban J connectivity index is 3.38. The molecule has 9 heavy (non-hydrogen) atoms. The molecule has 0 aliphatic rings. The molecule has 4 nitrogen and oxygen atoms in total. The van der Waals surface area contributed by atoms with Gasteiger partial charge < -0.3 is 15.0 Å². The maximum Gasteiger partial charge on any atom is 0.212 e. The van der Waals surface area contributed by atoms with Crippen LogP contribution in [0.1, 0.15) is 12.8 Å². The van der Waals surface area contributed by atoms with Gasteiger partial charge in [0.15, 0.2) is 5.78 Å². The summed E-state index contributed by atoms with van der Waals surface area (Å²) in [5, 5.41) is 16.3. The van der Waals surface area contributed by atoms with E-state index in [4.69, 9.17) is 10.2 Å². The number of aliphatic hydroxyl groups is 2. The van der Waals surface area contributed by atoms with Crippen molar-refractivity contribution in [3.8, 4) is 0 Å². The number of rotatable bonds is 4. The molecule has 0 aromatic carbocycles. The molecule has 0 atom stereocenters. The Kier molecular flexibility index (Phi) is 3.83. The van der Waals surface area contributed by atoms with Crippen LogP contribution in [-0.2, 0) is 9.59 Å². The van der Waals surface area contributed by atoms with Gasteiger partial charge in [-0.3, -0.25) is 4.79 Å². The zero-order chi connectivity index (χ0) is 7.28. The fraction of sp³-hybridized carbons (Fsp3) is 0.600. The minimum Gasteiger partial charge on any atom is -0.362 e. The molecule has 0 aromatic heterocycles.